The van der Waals surface area contributed by atoms with E-state index < -0.39 is 6.04 Å². The fourth-order valence-corrected chi connectivity index (χ4v) is 2.07. The maximum Gasteiger partial charge on any atom is 0.318 e. The Labute approximate surface area is 152 Å². The van der Waals surface area contributed by atoms with E-state index in [0.717, 1.165) is 0 Å². The van der Waals surface area contributed by atoms with Crippen molar-refractivity contribution in [2.45, 2.75) is 40.2 Å². The number of urea groups is 1. The molecule has 0 aromatic carbocycles. The number of carbonyl (C=O) groups excluding carboxylic acids is 2. The third kappa shape index (κ3) is 8.12. The van der Waals surface area contributed by atoms with Gasteiger partial charge < -0.3 is 20.3 Å². The predicted octanol–water partition coefficient (Wildman–Crippen LogP) is 1.13. The van der Waals surface area contributed by atoms with Crippen molar-refractivity contribution < 1.29 is 47.0 Å². The predicted molar refractivity (Wildman–Crippen MR) is 76.9 cm³/mol. The second-order valence-corrected chi connectivity index (χ2v) is 6.16. The van der Waals surface area contributed by atoms with Gasteiger partial charge in [0.15, 0.2) is 0 Å². The summed E-state index contributed by atoms with van der Waals surface area (Å²) in [6.07, 6.45) is 0.586. The zero-order valence-electron chi connectivity index (χ0n) is 13.4. The molecule has 1 aliphatic heterocycles. The Kier molecular flexibility index (Phi) is 9.66. The van der Waals surface area contributed by atoms with Crippen LogP contribution >= 0.6 is 0 Å². The zero-order chi connectivity index (χ0) is 15.2. The molecule has 1 aliphatic rings. The third-order valence-electron chi connectivity index (χ3n) is 3.02. The Morgan fingerprint density at radius 2 is 1.86 bits per heavy atom. The summed E-state index contributed by atoms with van der Waals surface area (Å²) >= 11 is 0. The number of hydrogen-bond acceptors (Lipinski definition) is 3. The van der Waals surface area contributed by atoms with E-state index >= 15 is 0 Å². The van der Waals surface area contributed by atoms with Gasteiger partial charge in [-0.3, -0.25) is 4.79 Å². The average molecular weight is 373 g/mol. The molecular weight excluding hydrogens is 347 g/mol. The summed E-state index contributed by atoms with van der Waals surface area (Å²) in [5.41, 5.74) is -0.0476. The number of ether oxygens (including phenoxy) is 1. The summed E-state index contributed by atoms with van der Waals surface area (Å²) in [5, 5.41) is 5.48. The van der Waals surface area contributed by atoms with E-state index in [1.807, 2.05) is 20.8 Å². The van der Waals surface area contributed by atoms with Gasteiger partial charge >= 0.3 is 6.03 Å². The number of nitrogens with one attached hydrogen (secondary N) is 2. The second kappa shape index (κ2) is 9.75. The van der Waals surface area contributed by atoms with Crippen molar-refractivity contribution >= 4 is 11.9 Å². The molecule has 0 aromatic heterocycles. The van der Waals surface area contributed by atoms with Crippen molar-refractivity contribution in [2.75, 3.05) is 26.3 Å². The molecule has 0 aromatic rings. The van der Waals surface area contributed by atoms with Crippen LogP contribution in [-0.4, -0.2) is 49.2 Å². The molecule has 3 amide bonds. The molecule has 1 heterocycles. The summed E-state index contributed by atoms with van der Waals surface area (Å²) in [6.45, 7) is 11.7. The molecule has 1 radical (unpaired) electrons. The molecule has 21 heavy (non-hydrogen) atoms. The molecular formula is C14H26N3O3Y-. The fraction of sp³-hybridized carbons (Fsp3) is 0.786. The monoisotopic (exact) mass is 373 g/mol. The third-order valence-corrected chi connectivity index (χ3v) is 3.02. The van der Waals surface area contributed by atoms with E-state index in [9.17, 15) is 9.59 Å². The van der Waals surface area contributed by atoms with Gasteiger partial charge in [-0.1, -0.05) is 20.8 Å². The SMILES string of the molecule is C[CH-]NC(=O)[C@H](CC(C)(C)C)NC(=O)N1CCOCC1.[Y]. The topological polar surface area (TPSA) is 70.7 Å². The molecule has 2 N–H and O–H groups in total. The van der Waals surface area contributed by atoms with E-state index in [0.29, 0.717) is 32.7 Å². The van der Waals surface area contributed by atoms with Crippen LogP contribution in [0.25, 0.3) is 0 Å². The van der Waals surface area contributed by atoms with Gasteiger partial charge in [-0.25, -0.2) is 11.3 Å². The Morgan fingerprint density at radius 1 is 1.29 bits per heavy atom. The number of rotatable bonds is 4. The van der Waals surface area contributed by atoms with Gasteiger partial charge in [0.05, 0.1) is 13.2 Å². The molecule has 0 aliphatic carbocycles. The van der Waals surface area contributed by atoms with Crippen LogP contribution in [0.3, 0.4) is 0 Å². The van der Waals surface area contributed by atoms with Crippen LogP contribution in [0.2, 0.25) is 0 Å². The van der Waals surface area contributed by atoms with E-state index in [2.05, 4.69) is 10.6 Å². The first-order valence-electron chi connectivity index (χ1n) is 7.05. The van der Waals surface area contributed by atoms with Crippen molar-refractivity contribution in [1.29, 1.82) is 0 Å². The number of hydrogen-bond donors (Lipinski definition) is 2. The first-order chi connectivity index (χ1) is 9.33. The van der Waals surface area contributed by atoms with E-state index in [-0.39, 0.29) is 50.1 Å². The molecule has 0 bridgehead atoms. The van der Waals surface area contributed by atoms with Crippen LogP contribution in [0.4, 0.5) is 4.79 Å². The molecule has 0 spiro atoms. The molecule has 1 atom stereocenters. The average Bonchev–Trinajstić information content (AvgIpc) is 2.37. The Bertz CT molecular complexity index is 339. The smallest absolute Gasteiger partial charge is 0.318 e. The van der Waals surface area contributed by atoms with Crippen LogP contribution < -0.4 is 10.6 Å². The first-order valence-corrected chi connectivity index (χ1v) is 7.05. The van der Waals surface area contributed by atoms with E-state index in [1.54, 1.807) is 18.4 Å². The number of nitrogens with zero attached hydrogens (tertiary/aromatic N) is 1. The maximum absolute atomic E-state index is 12.2. The summed E-state index contributed by atoms with van der Waals surface area (Å²) in [6, 6.07) is -0.727. The van der Waals surface area contributed by atoms with Crippen LogP contribution in [0, 0.1) is 12.0 Å². The standard InChI is InChI=1S/C14H26N3O3.Y/c1-5-15-12(18)11(10-14(2,3)4)16-13(19)17-6-8-20-9-7-17;/h5,11H,6-10H2,1-4H3,(H,15,18)(H,16,19);/q-1;/t11-;/m0./s1. The first kappa shape index (κ1) is 20.8. The van der Waals surface area contributed by atoms with Gasteiger partial charge in [-0.2, -0.15) is 6.92 Å². The Hall–Kier alpha value is -0.196. The summed E-state index contributed by atoms with van der Waals surface area (Å²) in [5.74, 6) is -0.177. The summed E-state index contributed by atoms with van der Waals surface area (Å²) < 4.78 is 5.22. The number of carbonyl (C=O) groups is 2. The normalized spacial score (nSPS) is 16.7. The van der Waals surface area contributed by atoms with E-state index in [1.165, 1.54) is 0 Å². The second-order valence-electron chi connectivity index (χ2n) is 6.16. The number of amides is 3. The minimum absolute atomic E-state index is 0. The van der Waals surface area contributed by atoms with Gasteiger partial charge in [-0.15, -0.1) is 0 Å². The van der Waals surface area contributed by atoms with Crippen LogP contribution in [0.5, 0.6) is 0 Å². The molecule has 0 unspecified atom stereocenters. The van der Waals surface area contributed by atoms with E-state index in [4.69, 9.17) is 4.74 Å². The van der Waals surface area contributed by atoms with Gasteiger partial charge in [0.2, 0.25) is 5.91 Å². The molecule has 0 saturated carbocycles. The zero-order valence-corrected chi connectivity index (χ0v) is 16.3. The molecule has 1 fully saturated rings. The van der Waals surface area contributed by atoms with Crippen LogP contribution in [-0.2, 0) is 42.2 Å². The van der Waals surface area contributed by atoms with Crippen LogP contribution in [0.15, 0.2) is 0 Å². The Morgan fingerprint density at radius 3 is 2.33 bits per heavy atom. The van der Waals surface area contributed by atoms with Crippen molar-refractivity contribution in [3.63, 3.8) is 0 Å². The molecule has 6 nitrogen and oxygen atoms in total. The molecule has 1 saturated heterocycles. The molecule has 1 rings (SSSR count). The minimum atomic E-state index is -0.526. The Balaban J connectivity index is 0.00000400. The fourth-order valence-electron chi connectivity index (χ4n) is 2.07. The largest absolute Gasteiger partial charge is 0.504 e. The molecule has 119 valence electrons. The molecule has 7 heteroatoms. The quantitative estimate of drug-likeness (QED) is 0.726. The maximum atomic E-state index is 12.2. The van der Waals surface area contributed by atoms with Crippen LogP contribution in [0.1, 0.15) is 34.1 Å². The van der Waals surface area contributed by atoms with Gasteiger partial charge in [0.1, 0.15) is 6.04 Å². The van der Waals surface area contributed by atoms with Crippen molar-refractivity contribution in [3.05, 3.63) is 6.54 Å². The van der Waals surface area contributed by atoms with Crippen molar-refractivity contribution in [3.8, 4) is 0 Å². The van der Waals surface area contributed by atoms with Gasteiger partial charge in [0.25, 0.3) is 0 Å². The van der Waals surface area contributed by atoms with Crippen molar-refractivity contribution in [2.24, 2.45) is 5.41 Å². The van der Waals surface area contributed by atoms with Gasteiger partial charge in [-0.05, 0) is 11.8 Å². The number of morpholine rings is 1. The van der Waals surface area contributed by atoms with Crippen molar-refractivity contribution in [1.82, 2.24) is 15.5 Å². The summed E-state index contributed by atoms with van der Waals surface area (Å²) in [4.78, 5) is 25.9. The summed E-state index contributed by atoms with van der Waals surface area (Å²) in [7, 11) is 0. The minimum Gasteiger partial charge on any atom is -0.504 e. The van der Waals surface area contributed by atoms with Gasteiger partial charge in [0, 0.05) is 45.8 Å².